The van der Waals surface area contributed by atoms with Crippen molar-refractivity contribution in [3.05, 3.63) is 30.3 Å². The number of para-hydroxylation sites is 1. The van der Waals surface area contributed by atoms with Gasteiger partial charge in [-0.05, 0) is 25.5 Å². The predicted molar refractivity (Wildman–Crippen MR) is 107 cm³/mol. The molecule has 1 aliphatic heterocycles. The van der Waals surface area contributed by atoms with Crippen LogP contribution in [0, 0.1) is 0 Å². The summed E-state index contributed by atoms with van der Waals surface area (Å²) in [5.74, 6) is 1.36. The van der Waals surface area contributed by atoms with Gasteiger partial charge in [-0.1, -0.05) is 18.2 Å². The summed E-state index contributed by atoms with van der Waals surface area (Å²) in [5.41, 5.74) is 0. The van der Waals surface area contributed by atoms with Crippen LogP contribution in [0.5, 0.6) is 5.75 Å². The van der Waals surface area contributed by atoms with Crippen molar-refractivity contribution < 1.29 is 17.9 Å². The van der Waals surface area contributed by atoms with E-state index in [1.54, 1.807) is 7.05 Å². The standard InChI is InChI=1S/C17H25F3N4O.HI/c1-13(25-15-6-4-3-5-7-15)10-22-16(21-2)23-14-8-9-24(11-14)12-17(18,19)20;/h3-7,13-14H,8-12H2,1-2H3,(H2,21,22,23);1H. The topological polar surface area (TPSA) is 48.9 Å². The SMILES string of the molecule is CN=C(NCC(C)Oc1ccccc1)NC1CCN(CC(F)(F)F)C1.I. The number of benzene rings is 1. The summed E-state index contributed by atoms with van der Waals surface area (Å²) in [6.45, 7) is 2.40. The van der Waals surface area contributed by atoms with Gasteiger partial charge in [-0.2, -0.15) is 13.2 Å². The molecule has 0 spiro atoms. The minimum Gasteiger partial charge on any atom is -0.489 e. The Morgan fingerprint density at radius 3 is 2.65 bits per heavy atom. The van der Waals surface area contributed by atoms with Crippen molar-refractivity contribution in [2.24, 2.45) is 4.99 Å². The summed E-state index contributed by atoms with van der Waals surface area (Å²) in [7, 11) is 1.64. The van der Waals surface area contributed by atoms with Gasteiger partial charge in [0.2, 0.25) is 0 Å². The number of hydrogen-bond acceptors (Lipinski definition) is 3. The van der Waals surface area contributed by atoms with E-state index in [9.17, 15) is 13.2 Å². The number of likely N-dealkylation sites (tertiary alicyclic amines) is 1. The molecular formula is C17H26F3IN4O. The van der Waals surface area contributed by atoms with Crippen molar-refractivity contribution in [3.63, 3.8) is 0 Å². The molecule has 5 nitrogen and oxygen atoms in total. The fourth-order valence-electron chi connectivity index (χ4n) is 2.75. The molecule has 0 saturated carbocycles. The fraction of sp³-hybridized carbons (Fsp3) is 0.588. The summed E-state index contributed by atoms with van der Waals surface area (Å²) in [6.07, 6.45) is -3.57. The number of alkyl halides is 3. The van der Waals surface area contributed by atoms with Crippen molar-refractivity contribution in [1.82, 2.24) is 15.5 Å². The molecule has 0 aliphatic carbocycles. The van der Waals surface area contributed by atoms with Crippen LogP contribution in [-0.4, -0.2) is 62.4 Å². The summed E-state index contributed by atoms with van der Waals surface area (Å²) in [4.78, 5) is 5.54. The van der Waals surface area contributed by atoms with Gasteiger partial charge in [-0.3, -0.25) is 9.89 Å². The third-order valence-corrected chi connectivity index (χ3v) is 3.88. The summed E-state index contributed by atoms with van der Waals surface area (Å²) >= 11 is 0. The molecule has 148 valence electrons. The molecule has 2 unspecified atom stereocenters. The molecule has 1 fully saturated rings. The molecule has 2 N–H and O–H groups in total. The van der Waals surface area contributed by atoms with Gasteiger partial charge >= 0.3 is 6.18 Å². The van der Waals surface area contributed by atoms with E-state index >= 15 is 0 Å². The number of ether oxygens (including phenoxy) is 1. The van der Waals surface area contributed by atoms with Gasteiger partial charge in [0.1, 0.15) is 11.9 Å². The highest BCUT2D eigenvalue weighted by molar-refractivity contribution is 14.0. The smallest absolute Gasteiger partial charge is 0.401 e. The minimum absolute atomic E-state index is 0. The van der Waals surface area contributed by atoms with E-state index in [0.29, 0.717) is 32.0 Å². The number of nitrogens with one attached hydrogen (secondary N) is 2. The zero-order valence-electron chi connectivity index (χ0n) is 14.9. The van der Waals surface area contributed by atoms with Crippen molar-refractivity contribution >= 4 is 29.9 Å². The number of halogens is 4. The molecule has 1 aromatic carbocycles. The monoisotopic (exact) mass is 486 g/mol. The molecule has 1 saturated heterocycles. The van der Waals surface area contributed by atoms with E-state index in [4.69, 9.17) is 4.74 Å². The largest absolute Gasteiger partial charge is 0.489 e. The lowest BCUT2D eigenvalue weighted by atomic mass is 10.3. The van der Waals surface area contributed by atoms with Gasteiger partial charge in [0.15, 0.2) is 5.96 Å². The molecule has 1 aliphatic rings. The first kappa shape index (κ1) is 22.8. The first-order chi connectivity index (χ1) is 11.9. The Morgan fingerprint density at radius 2 is 2.04 bits per heavy atom. The summed E-state index contributed by atoms with van der Waals surface area (Å²) in [5, 5.41) is 6.33. The molecular weight excluding hydrogens is 460 g/mol. The minimum atomic E-state index is -4.15. The highest BCUT2D eigenvalue weighted by Crippen LogP contribution is 2.19. The van der Waals surface area contributed by atoms with Crippen LogP contribution in [0.25, 0.3) is 0 Å². The maximum absolute atomic E-state index is 12.4. The Hall–Kier alpha value is -1.23. The average Bonchev–Trinajstić information content (AvgIpc) is 2.97. The van der Waals surface area contributed by atoms with Gasteiger partial charge in [-0.15, -0.1) is 24.0 Å². The zero-order chi connectivity index (χ0) is 18.3. The Kier molecular flexibility index (Phi) is 9.48. The maximum atomic E-state index is 12.4. The summed E-state index contributed by atoms with van der Waals surface area (Å²) in [6, 6.07) is 9.46. The van der Waals surface area contributed by atoms with Crippen LogP contribution < -0.4 is 15.4 Å². The molecule has 0 aromatic heterocycles. The molecule has 2 atom stereocenters. The number of rotatable bonds is 6. The lowest BCUT2D eigenvalue weighted by Crippen LogP contribution is -2.47. The Bertz CT molecular complexity index is 557. The van der Waals surface area contributed by atoms with E-state index in [2.05, 4.69) is 15.6 Å². The lowest BCUT2D eigenvalue weighted by molar-refractivity contribution is -0.143. The van der Waals surface area contributed by atoms with E-state index in [0.717, 1.165) is 5.75 Å². The number of hydrogen-bond donors (Lipinski definition) is 2. The lowest BCUT2D eigenvalue weighted by Gasteiger charge is -2.21. The first-order valence-electron chi connectivity index (χ1n) is 8.33. The second-order valence-electron chi connectivity index (χ2n) is 6.17. The third-order valence-electron chi connectivity index (χ3n) is 3.88. The number of nitrogens with zero attached hydrogens (tertiary/aromatic N) is 2. The van der Waals surface area contributed by atoms with Crippen molar-refractivity contribution in [2.75, 3.05) is 33.2 Å². The van der Waals surface area contributed by atoms with Crippen LogP contribution in [0.15, 0.2) is 35.3 Å². The number of aliphatic imine (C=N–C) groups is 1. The first-order valence-corrected chi connectivity index (χ1v) is 8.33. The molecule has 0 radical (unpaired) electrons. The normalized spacial score (nSPS) is 19.6. The highest BCUT2D eigenvalue weighted by atomic mass is 127. The molecule has 0 amide bonds. The van der Waals surface area contributed by atoms with Gasteiger partial charge in [0.05, 0.1) is 13.1 Å². The van der Waals surface area contributed by atoms with Crippen LogP contribution in [0.1, 0.15) is 13.3 Å². The van der Waals surface area contributed by atoms with E-state index in [-0.39, 0.29) is 36.1 Å². The second kappa shape index (κ2) is 10.8. The molecule has 1 heterocycles. The van der Waals surface area contributed by atoms with Crippen LogP contribution in [-0.2, 0) is 0 Å². The van der Waals surface area contributed by atoms with Crippen LogP contribution in [0.2, 0.25) is 0 Å². The van der Waals surface area contributed by atoms with E-state index in [1.165, 1.54) is 4.90 Å². The average molecular weight is 486 g/mol. The second-order valence-corrected chi connectivity index (χ2v) is 6.17. The zero-order valence-corrected chi connectivity index (χ0v) is 17.3. The van der Waals surface area contributed by atoms with Crippen LogP contribution in [0.4, 0.5) is 13.2 Å². The molecule has 9 heteroatoms. The van der Waals surface area contributed by atoms with Crippen molar-refractivity contribution in [2.45, 2.75) is 31.7 Å². The maximum Gasteiger partial charge on any atom is 0.401 e. The fourth-order valence-corrected chi connectivity index (χ4v) is 2.75. The van der Waals surface area contributed by atoms with E-state index < -0.39 is 12.7 Å². The van der Waals surface area contributed by atoms with E-state index in [1.807, 2.05) is 37.3 Å². The van der Waals surface area contributed by atoms with Gasteiger partial charge < -0.3 is 15.4 Å². The predicted octanol–water partition coefficient (Wildman–Crippen LogP) is 2.87. The van der Waals surface area contributed by atoms with Gasteiger partial charge in [0, 0.05) is 26.2 Å². The molecule has 26 heavy (non-hydrogen) atoms. The van der Waals surface area contributed by atoms with Gasteiger partial charge in [-0.25, -0.2) is 0 Å². The summed E-state index contributed by atoms with van der Waals surface area (Å²) < 4.78 is 43.1. The highest BCUT2D eigenvalue weighted by Gasteiger charge is 2.34. The van der Waals surface area contributed by atoms with Crippen molar-refractivity contribution in [1.29, 1.82) is 0 Å². The molecule has 2 rings (SSSR count). The van der Waals surface area contributed by atoms with Crippen LogP contribution in [0.3, 0.4) is 0 Å². The Morgan fingerprint density at radius 1 is 1.35 bits per heavy atom. The number of guanidine groups is 1. The quantitative estimate of drug-likeness (QED) is 0.369. The van der Waals surface area contributed by atoms with Gasteiger partial charge in [0.25, 0.3) is 0 Å². The third kappa shape index (κ3) is 8.43. The van der Waals surface area contributed by atoms with Crippen molar-refractivity contribution in [3.8, 4) is 5.75 Å². The Balaban J connectivity index is 0.00000338. The molecule has 1 aromatic rings. The van der Waals surface area contributed by atoms with Crippen LogP contribution >= 0.6 is 24.0 Å². The molecule has 0 bridgehead atoms. The Labute approximate surface area is 169 Å².